The molecule has 202 valence electrons. The zero-order valence-electron chi connectivity index (χ0n) is 19.1. The molecule has 0 saturated carbocycles. The smallest absolute Gasteiger partial charge is 0.444 e. The molecule has 0 saturated heterocycles. The number of nitrogens with zero attached hydrogens (tertiary/aromatic N) is 1. The number of rotatable bonds is 6. The van der Waals surface area contributed by atoms with E-state index in [0.29, 0.717) is 13.8 Å². The SMILES string of the molecule is CC(C)(OC(=O)Nc1ccc2c(c1)N(S(=O)(=O)c1ccc(F)cc1)C[C@H](CNC(=O)OF)O2)C(F)(F)F. The monoisotopic (exact) mass is 553 g/mol. The third kappa shape index (κ3) is 6.31. The molecule has 0 aliphatic carbocycles. The van der Waals surface area contributed by atoms with Gasteiger partial charge in [0.2, 0.25) is 5.60 Å². The Bertz CT molecular complexity index is 1270. The molecule has 0 fully saturated rings. The van der Waals surface area contributed by atoms with Crippen molar-refractivity contribution in [2.45, 2.75) is 36.6 Å². The van der Waals surface area contributed by atoms with Gasteiger partial charge in [-0.1, -0.05) is 0 Å². The molecule has 2 N–H and O–H groups in total. The Balaban J connectivity index is 1.94. The number of carbonyl (C=O) groups excluding carboxylic acids is 2. The highest BCUT2D eigenvalue weighted by Crippen LogP contribution is 2.39. The van der Waals surface area contributed by atoms with Crippen molar-refractivity contribution in [1.29, 1.82) is 0 Å². The van der Waals surface area contributed by atoms with Crippen molar-refractivity contribution in [3.63, 3.8) is 0 Å². The Labute approximate surface area is 207 Å². The number of sulfonamides is 1. The minimum Gasteiger partial charge on any atom is -0.484 e. The molecule has 1 heterocycles. The second-order valence-corrected chi connectivity index (χ2v) is 10.0. The van der Waals surface area contributed by atoms with Crippen LogP contribution >= 0.6 is 0 Å². The molecule has 2 aromatic carbocycles. The van der Waals surface area contributed by atoms with E-state index in [2.05, 4.69) is 15.0 Å². The third-order valence-electron chi connectivity index (χ3n) is 5.11. The van der Waals surface area contributed by atoms with Gasteiger partial charge in [-0.05, 0) is 56.3 Å². The quantitative estimate of drug-likeness (QED) is 0.512. The molecular weight excluding hydrogens is 533 g/mol. The summed E-state index contributed by atoms with van der Waals surface area (Å²) < 4.78 is 102. The number of hydrogen-bond acceptors (Lipinski definition) is 7. The van der Waals surface area contributed by atoms with Crippen molar-refractivity contribution < 1.29 is 54.5 Å². The predicted molar refractivity (Wildman–Crippen MR) is 118 cm³/mol. The Morgan fingerprint density at radius 3 is 2.35 bits per heavy atom. The lowest BCUT2D eigenvalue weighted by atomic mass is 10.1. The van der Waals surface area contributed by atoms with E-state index in [1.54, 1.807) is 0 Å². The van der Waals surface area contributed by atoms with E-state index in [9.17, 15) is 40.1 Å². The van der Waals surface area contributed by atoms with Crippen LogP contribution in [0.5, 0.6) is 5.75 Å². The van der Waals surface area contributed by atoms with Gasteiger partial charge in [0.1, 0.15) is 17.7 Å². The van der Waals surface area contributed by atoms with Crippen molar-refractivity contribution in [2.24, 2.45) is 0 Å². The number of ether oxygens (including phenoxy) is 2. The van der Waals surface area contributed by atoms with E-state index < -0.39 is 52.5 Å². The minimum absolute atomic E-state index is 0.0631. The lowest BCUT2D eigenvalue weighted by Gasteiger charge is -2.35. The second kappa shape index (κ2) is 10.3. The standard InChI is InChI=1S/C21H20F5N3O7S/c1-20(2,21(23,24)25)35-19(31)28-13-5-8-17-16(9-13)29(11-14(34-17)10-27-18(30)36-26)37(32,33)15-6-3-12(22)4-7-15/h3-9,14H,10-11H2,1-2H3,(H,27,30)(H,28,31)/t14-/m0/s1. The first kappa shape index (κ1) is 27.8. The molecule has 10 nitrogen and oxygen atoms in total. The van der Waals surface area contributed by atoms with Crippen LogP contribution in [0.15, 0.2) is 47.4 Å². The highest BCUT2D eigenvalue weighted by Gasteiger charge is 2.51. The topological polar surface area (TPSA) is 123 Å². The maximum Gasteiger partial charge on any atom is 0.444 e. The summed E-state index contributed by atoms with van der Waals surface area (Å²) in [7, 11) is -4.39. The summed E-state index contributed by atoms with van der Waals surface area (Å²) in [4.78, 5) is 25.9. The molecule has 0 aromatic heterocycles. The number of nitrogens with one attached hydrogen (secondary N) is 2. The molecule has 3 rings (SSSR count). The van der Waals surface area contributed by atoms with Gasteiger partial charge in [-0.25, -0.2) is 27.3 Å². The molecule has 1 aliphatic rings. The van der Waals surface area contributed by atoms with Crippen molar-refractivity contribution in [3.05, 3.63) is 48.3 Å². The molecule has 0 unspecified atom stereocenters. The summed E-state index contributed by atoms with van der Waals surface area (Å²) >= 11 is 0. The molecular formula is C21H20F5N3O7S. The lowest BCUT2D eigenvalue weighted by Crippen LogP contribution is -2.48. The van der Waals surface area contributed by atoms with Crippen LogP contribution in [0.25, 0.3) is 0 Å². The molecule has 0 radical (unpaired) electrons. The van der Waals surface area contributed by atoms with Crippen LogP contribution in [0.1, 0.15) is 13.8 Å². The van der Waals surface area contributed by atoms with Crippen LogP contribution in [0.3, 0.4) is 0 Å². The van der Waals surface area contributed by atoms with Crippen LogP contribution in [0.2, 0.25) is 0 Å². The van der Waals surface area contributed by atoms with Gasteiger partial charge in [0.05, 0.1) is 23.7 Å². The number of anilines is 2. The number of halogens is 5. The zero-order valence-corrected chi connectivity index (χ0v) is 20.0. The Morgan fingerprint density at radius 1 is 1.11 bits per heavy atom. The molecule has 37 heavy (non-hydrogen) atoms. The maximum absolute atomic E-state index is 13.4. The largest absolute Gasteiger partial charge is 0.484 e. The number of hydrogen-bond donors (Lipinski definition) is 2. The average Bonchev–Trinajstić information content (AvgIpc) is 2.81. The number of fused-ring (bicyclic) bond motifs is 1. The summed E-state index contributed by atoms with van der Waals surface area (Å²) in [6, 6.07) is 7.37. The van der Waals surface area contributed by atoms with Crippen LogP contribution < -0.4 is 19.7 Å². The predicted octanol–water partition coefficient (Wildman–Crippen LogP) is 4.28. The zero-order chi connectivity index (χ0) is 27.6. The average molecular weight is 553 g/mol. The number of alkyl halides is 3. The summed E-state index contributed by atoms with van der Waals surface area (Å²) in [5.74, 6) is -0.758. The number of benzene rings is 2. The van der Waals surface area contributed by atoms with Crippen LogP contribution in [-0.4, -0.2) is 51.6 Å². The fourth-order valence-electron chi connectivity index (χ4n) is 3.11. The fourth-order valence-corrected chi connectivity index (χ4v) is 4.61. The third-order valence-corrected chi connectivity index (χ3v) is 6.91. The Morgan fingerprint density at radius 2 is 1.76 bits per heavy atom. The fraction of sp³-hybridized carbons (Fsp3) is 0.333. The van der Waals surface area contributed by atoms with E-state index in [-0.39, 0.29) is 28.6 Å². The van der Waals surface area contributed by atoms with Crippen molar-refractivity contribution >= 4 is 33.6 Å². The highest BCUT2D eigenvalue weighted by atomic mass is 32.2. The molecule has 2 amide bonds. The molecule has 2 aromatic rings. The minimum atomic E-state index is -4.86. The van der Waals surface area contributed by atoms with Gasteiger partial charge in [0, 0.05) is 10.2 Å². The Hall–Kier alpha value is -3.82. The highest BCUT2D eigenvalue weighted by molar-refractivity contribution is 7.92. The summed E-state index contributed by atoms with van der Waals surface area (Å²) in [5.41, 5.74) is -3.09. The Kier molecular flexibility index (Phi) is 7.71. The van der Waals surface area contributed by atoms with E-state index >= 15 is 0 Å². The molecule has 16 heteroatoms. The number of amides is 2. The molecule has 1 atom stereocenters. The summed E-state index contributed by atoms with van der Waals surface area (Å²) in [6.45, 7) is 0.485. The molecule has 0 spiro atoms. The van der Waals surface area contributed by atoms with Crippen molar-refractivity contribution in [2.75, 3.05) is 22.7 Å². The summed E-state index contributed by atoms with van der Waals surface area (Å²) in [5, 5.41) is 4.12. The first-order chi connectivity index (χ1) is 17.1. The van der Waals surface area contributed by atoms with E-state index in [1.165, 1.54) is 12.1 Å². The van der Waals surface area contributed by atoms with Crippen LogP contribution in [0.4, 0.5) is 43.1 Å². The van der Waals surface area contributed by atoms with Gasteiger partial charge >= 0.3 is 18.4 Å². The van der Waals surface area contributed by atoms with Gasteiger partial charge in [-0.3, -0.25) is 9.62 Å². The second-order valence-electron chi connectivity index (χ2n) is 8.18. The molecule has 1 aliphatic heterocycles. The summed E-state index contributed by atoms with van der Waals surface area (Å²) in [6.07, 6.45) is -8.80. The van der Waals surface area contributed by atoms with Crippen LogP contribution in [-0.2, 0) is 19.7 Å². The van der Waals surface area contributed by atoms with Crippen LogP contribution in [0, 0.1) is 5.82 Å². The van der Waals surface area contributed by atoms with Gasteiger partial charge in [0.15, 0.2) is 0 Å². The van der Waals surface area contributed by atoms with Crippen molar-refractivity contribution in [1.82, 2.24) is 5.32 Å². The van der Waals surface area contributed by atoms with Crippen molar-refractivity contribution in [3.8, 4) is 5.75 Å². The van der Waals surface area contributed by atoms with Gasteiger partial charge < -0.3 is 14.8 Å². The van der Waals surface area contributed by atoms with E-state index in [4.69, 9.17) is 4.74 Å². The van der Waals surface area contributed by atoms with Gasteiger partial charge in [-0.15, -0.1) is 0 Å². The molecule has 0 bridgehead atoms. The van der Waals surface area contributed by atoms with E-state index in [1.807, 2.05) is 5.32 Å². The normalized spacial score (nSPS) is 15.8. The first-order valence-electron chi connectivity index (χ1n) is 10.4. The van der Waals surface area contributed by atoms with Gasteiger partial charge in [0.25, 0.3) is 10.0 Å². The number of carbonyl (C=O) groups is 2. The van der Waals surface area contributed by atoms with E-state index in [0.717, 1.165) is 34.6 Å². The van der Waals surface area contributed by atoms with Gasteiger partial charge in [-0.2, -0.15) is 13.2 Å². The first-order valence-corrected chi connectivity index (χ1v) is 11.8. The lowest BCUT2D eigenvalue weighted by molar-refractivity contribution is -0.242. The maximum atomic E-state index is 13.4.